The number of methoxy groups -OCH3 is 1. The van der Waals surface area contributed by atoms with Crippen molar-refractivity contribution in [1.82, 2.24) is 4.98 Å². The summed E-state index contributed by atoms with van der Waals surface area (Å²) in [5, 5.41) is 0. The molecule has 0 saturated heterocycles. The average Bonchev–Trinajstić information content (AvgIpc) is 2.46. The first-order valence-corrected chi connectivity index (χ1v) is 5.93. The molecule has 2 rings (SSSR count). The predicted octanol–water partition coefficient (Wildman–Crippen LogP) is 3.22. The molecule has 1 unspecified atom stereocenters. The van der Waals surface area contributed by atoms with E-state index in [1.165, 1.54) is 11.1 Å². The van der Waals surface area contributed by atoms with Crippen LogP contribution >= 0.6 is 0 Å². The molecular formula is C15H17NO2. The van der Waals surface area contributed by atoms with Crippen LogP contribution in [0.3, 0.4) is 0 Å². The second-order valence-corrected chi connectivity index (χ2v) is 4.13. The molecular weight excluding hydrogens is 226 g/mol. The van der Waals surface area contributed by atoms with Crippen LogP contribution in [0.15, 0.2) is 48.8 Å². The monoisotopic (exact) mass is 243 g/mol. The smallest absolute Gasteiger partial charge is 0.188 e. The molecule has 3 heteroatoms. The molecule has 0 aliphatic rings. The summed E-state index contributed by atoms with van der Waals surface area (Å²) in [5.41, 5.74) is 2.45. The lowest BCUT2D eigenvalue weighted by atomic mass is 9.94. The summed E-state index contributed by atoms with van der Waals surface area (Å²) in [6, 6.07) is 12.1. The number of ether oxygens (including phenoxy) is 2. The van der Waals surface area contributed by atoms with Crippen molar-refractivity contribution in [2.75, 3.05) is 13.9 Å². The summed E-state index contributed by atoms with van der Waals surface area (Å²) < 4.78 is 10.2. The van der Waals surface area contributed by atoms with E-state index < -0.39 is 0 Å². The van der Waals surface area contributed by atoms with Crippen LogP contribution in [-0.2, 0) is 4.74 Å². The molecule has 0 aliphatic carbocycles. The SMILES string of the molecule is COCOc1ccc(C(C)c2cccnc2)cc1. The molecule has 1 atom stereocenters. The van der Waals surface area contributed by atoms with E-state index in [0.717, 1.165) is 5.75 Å². The number of nitrogens with zero attached hydrogens (tertiary/aromatic N) is 1. The second kappa shape index (κ2) is 6.17. The minimum Gasteiger partial charge on any atom is -0.468 e. The highest BCUT2D eigenvalue weighted by atomic mass is 16.7. The highest BCUT2D eigenvalue weighted by molar-refractivity contribution is 5.34. The van der Waals surface area contributed by atoms with Gasteiger partial charge in [0.1, 0.15) is 5.75 Å². The van der Waals surface area contributed by atoms with Crippen LogP contribution in [0.5, 0.6) is 5.75 Å². The fraction of sp³-hybridized carbons (Fsp3) is 0.267. The Balaban J connectivity index is 2.09. The molecule has 3 nitrogen and oxygen atoms in total. The molecule has 0 aliphatic heterocycles. The van der Waals surface area contributed by atoms with Gasteiger partial charge in [0, 0.05) is 25.4 Å². The maximum Gasteiger partial charge on any atom is 0.188 e. The van der Waals surface area contributed by atoms with E-state index >= 15 is 0 Å². The van der Waals surface area contributed by atoms with Gasteiger partial charge in [-0.15, -0.1) is 0 Å². The van der Waals surface area contributed by atoms with Gasteiger partial charge in [-0.3, -0.25) is 4.98 Å². The number of rotatable bonds is 5. The Bertz CT molecular complexity index is 468. The van der Waals surface area contributed by atoms with Crippen molar-refractivity contribution >= 4 is 0 Å². The third-order valence-corrected chi connectivity index (χ3v) is 2.91. The van der Waals surface area contributed by atoms with Crippen molar-refractivity contribution in [3.8, 4) is 5.75 Å². The van der Waals surface area contributed by atoms with Crippen molar-refractivity contribution in [2.24, 2.45) is 0 Å². The Hall–Kier alpha value is -1.87. The molecule has 0 fully saturated rings. The molecule has 0 spiro atoms. The number of hydrogen-bond donors (Lipinski definition) is 0. The predicted molar refractivity (Wildman–Crippen MR) is 70.7 cm³/mol. The van der Waals surface area contributed by atoms with Crippen molar-refractivity contribution in [2.45, 2.75) is 12.8 Å². The summed E-state index contributed by atoms with van der Waals surface area (Å²) >= 11 is 0. The number of aromatic nitrogens is 1. The Labute approximate surface area is 107 Å². The van der Waals surface area contributed by atoms with Crippen LogP contribution in [0, 0.1) is 0 Å². The molecule has 2 aromatic rings. The van der Waals surface area contributed by atoms with Crippen LogP contribution in [0.2, 0.25) is 0 Å². The molecule has 1 aromatic heterocycles. The van der Waals surface area contributed by atoms with Crippen LogP contribution in [0.1, 0.15) is 24.0 Å². The summed E-state index contributed by atoms with van der Waals surface area (Å²) in [6.45, 7) is 2.44. The molecule has 0 radical (unpaired) electrons. The Kier molecular flexibility index (Phi) is 4.31. The topological polar surface area (TPSA) is 31.4 Å². The fourth-order valence-corrected chi connectivity index (χ4v) is 1.80. The largest absolute Gasteiger partial charge is 0.468 e. The first-order valence-electron chi connectivity index (χ1n) is 5.93. The van der Waals surface area contributed by atoms with Crippen molar-refractivity contribution < 1.29 is 9.47 Å². The maximum absolute atomic E-state index is 5.36. The van der Waals surface area contributed by atoms with Gasteiger partial charge in [0.05, 0.1) is 0 Å². The van der Waals surface area contributed by atoms with Gasteiger partial charge in [-0.05, 0) is 29.3 Å². The Morgan fingerprint density at radius 1 is 1.11 bits per heavy atom. The lowest BCUT2D eigenvalue weighted by molar-refractivity contribution is 0.0511. The molecule has 0 saturated carbocycles. The van der Waals surface area contributed by atoms with Crippen LogP contribution in [0.25, 0.3) is 0 Å². The standard InChI is InChI=1S/C15H17NO2/c1-12(14-4-3-9-16-10-14)13-5-7-15(8-6-13)18-11-17-2/h3-10,12H,11H2,1-2H3. The maximum atomic E-state index is 5.36. The first-order chi connectivity index (χ1) is 8.81. The van der Waals surface area contributed by atoms with E-state index in [9.17, 15) is 0 Å². The van der Waals surface area contributed by atoms with Gasteiger partial charge < -0.3 is 9.47 Å². The number of hydrogen-bond acceptors (Lipinski definition) is 3. The Morgan fingerprint density at radius 3 is 2.50 bits per heavy atom. The Morgan fingerprint density at radius 2 is 1.89 bits per heavy atom. The number of pyridine rings is 1. The summed E-state index contributed by atoms with van der Waals surface area (Å²) in [5.74, 6) is 1.15. The molecule has 1 heterocycles. The lowest BCUT2D eigenvalue weighted by Gasteiger charge is -2.12. The zero-order valence-electron chi connectivity index (χ0n) is 10.7. The third-order valence-electron chi connectivity index (χ3n) is 2.91. The third kappa shape index (κ3) is 3.08. The average molecular weight is 243 g/mol. The quantitative estimate of drug-likeness (QED) is 0.756. The van der Waals surface area contributed by atoms with Crippen LogP contribution in [-0.4, -0.2) is 18.9 Å². The minimum atomic E-state index is 0.275. The van der Waals surface area contributed by atoms with Crippen LogP contribution in [0.4, 0.5) is 0 Å². The fourth-order valence-electron chi connectivity index (χ4n) is 1.80. The van der Waals surface area contributed by atoms with E-state index in [1.54, 1.807) is 13.3 Å². The van der Waals surface area contributed by atoms with Gasteiger partial charge >= 0.3 is 0 Å². The number of benzene rings is 1. The zero-order chi connectivity index (χ0) is 12.8. The van der Waals surface area contributed by atoms with Crippen molar-refractivity contribution in [1.29, 1.82) is 0 Å². The van der Waals surface area contributed by atoms with E-state index in [2.05, 4.69) is 30.1 Å². The van der Waals surface area contributed by atoms with E-state index in [0.29, 0.717) is 5.92 Å². The summed E-state index contributed by atoms with van der Waals surface area (Å²) in [7, 11) is 1.61. The van der Waals surface area contributed by atoms with Gasteiger partial charge in [0.2, 0.25) is 0 Å². The highest BCUT2D eigenvalue weighted by Crippen LogP contribution is 2.25. The first kappa shape index (κ1) is 12.6. The molecule has 94 valence electrons. The zero-order valence-corrected chi connectivity index (χ0v) is 10.7. The van der Waals surface area contributed by atoms with E-state index in [4.69, 9.17) is 9.47 Å². The van der Waals surface area contributed by atoms with Crippen molar-refractivity contribution in [3.05, 3.63) is 59.9 Å². The molecule has 0 N–H and O–H groups in total. The summed E-state index contributed by atoms with van der Waals surface area (Å²) in [6.07, 6.45) is 3.69. The molecule has 1 aromatic carbocycles. The normalized spacial score (nSPS) is 12.1. The lowest BCUT2D eigenvalue weighted by Crippen LogP contribution is -2.00. The van der Waals surface area contributed by atoms with Gasteiger partial charge in [-0.2, -0.15) is 0 Å². The van der Waals surface area contributed by atoms with Gasteiger partial charge in [-0.1, -0.05) is 25.1 Å². The molecule has 18 heavy (non-hydrogen) atoms. The van der Waals surface area contributed by atoms with Crippen molar-refractivity contribution in [3.63, 3.8) is 0 Å². The molecule has 0 bridgehead atoms. The highest BCUT2D eigenvalue weighted by Gasteiger charge is 2.08. The second-order valence-electron chi connectivity index (χ2n) is 4.13. The minimum absolute atomic E-state index is 0.275. The van der Waals surface area contributed by atoms with E-state index in [-0.39, 0.29) is 6.79 Å². The van der Waals surface area contributed by atoms with Crippen LogP contribution < -0.4 is 4.74 Å². The van der Waals surface area contributed by atoms with E-state index in [1.807, 2.05) is 24.4 Å². The van der Waals surface area contributed by atoms with Gasteiger partial charge in [-0.25, -0.2) is 0 Å². The van der Waals surface area contributed by atoms with Gasteiger partial charge in [0.15, 0.2) is 6.79 Å². The van der Waals surface area contributed by atoms with Gasteiger partial charge in [0.25, 0.3) is 0 Å². The summed E-state index contributed by atoms with van der Waals surface area (Å²) in [4.78, 5) is 4.15. The molecule has 0 amide bonds.